The molecule has 0 fully saturated rings. The third kappa shape index (κ3) is 5.33. The minimum atomic E-state index is 0.641. The minimum Gasteiger partial charge on any atom is -0.141 e. The quantitative estimate of drug-likeness (QED) is 0.184. The van der Waals surface area contributed by atoms with Gasteiger partial charge in [0, 0.05) is 29.5 Å². The maximum atomic E-state index is 2.53. The molecular formula is C37H40S3. The molecule has 2 aromatic heterocycles. The van der Waals surface area contributed by atoms with Crippen LogP contribution in [0.15, 0.2) is 59.5 Å². The Balaban J connectivity index is 1.26. The summed E-state index contributed by atoms with van der Waals surface area (Å²) < 4.78 is 1.43. The lowest BCUT2D eigenvalue weighted by molar-refractivity contribution is 0.757. The number of fused-ring (bicyclic) bond motifs is 2. The van der Waals surface area contributed by atoms with Crippen molar-refractivity contribution < 1.29 is 0 Å². The first-order valence-electron chi connectivity index (χ1n) is 14.7. The number of rotatable bonds is 7. The molecule has 0 aliphatic carbocycles. The Morgan fingerprint density at radius 1 is 0.625 bits per heavy atom. The average Bonchev–Trinajstić information content (AvgIpc) is 3.59. The second kappa shape index (κ2) is 11.2. The van der Waals surface area contributed by atoms with Crippen molar-refractivity contribution in [2.45, 2.75) is 90.2 Å². The minimum absolute atomic E-state index is 0.641. The van der Waals surface area contributed by atoms with Gasteiger partial charge in [0.05, 0.1) is 0 Å². The van der Waals surface area contributed by atoms with Crippen LogP contribution in [-0.4, -0.2) is 5.25 Å². The number of benzene rings is 3. The molecule has 1 aliphatic heterocycles. The van der Waals surface area contributed by atoms with E-state index in [0.717, 1.165) is 25.7 Å². The largest absolute Gasteiger partial charge is 0.141 e. The fourth-order valence-corrected chi connectivity index (χ4v) is 9.63. The molecule has 0 spiro atoms. The van der Waals surface area contributed by atoms with E-state index < -0.39 is 0 Å². The topological polar surface area (TPSA) is 0 Å². The molecule has 40 heavy (non-hydrogen) atoms. The monoisotopic (exact) mass is 580 g/mol. The number of hydrogen-bond donors (Lipinski definition) is 0. The van der Waals surface area contributed by atoms with E-state index in [1.54, 1.807) is 5.56 Å². The fourth-order valence-electron chi connectivity index (χ4n) is 6.33. The highest BCUT2D eigenvalue weighted by Gasteiger charge is 2.27. The molecule has 5 aromatic rings. The van der Waals surface area contributed by atoms with Crippen LogP contribution < -0.4 is 0 Å². The molecule has 0 saturated carbocycles. The van der Waals surface area contributed by atoms with E-state index in [1.807, 2.05) is 22.7 Å². The lowest BCUT2D eigenvalue weighted by Gasteiger charge is -2.16. The summed E-state index contributed by atoms with van der Waals surface area (Å²) in [7, 11) is 0. The highest BCUT2D eigenvalue weighted by Crippen LogP contribution is 2.46. The zero-order chi connectivity index (χ0) is 28.1. The molecule has 0 nitrogen and oxygen atoms in total. The summed E-state index contributed by atoms with van der Waals surface area (Å²) in [4.78, 5) is 5.66. The van der Waals surface area contributed by atoms with E-state index in [4.69, 9.17) is 0 Å². The van der Waals surface area contributed by atoms with Gasteiger partial charge in [-0.25, -0.2) is 0 Å². The van der Waals surface area contributed by atoms with Gasteiger partial charge in [0.25, 0.3) is 0 Å². The maximum Gasteiger partial charge on any atom is 0.0348 e. The van der Waals surface area contributed by atoms with Gasteiger partial charge in [0.15, 0.2) is 0 Å². The van der Waals surface area contributed by atoms with Gasteiger partial charge in [-0.3, -0.25) is 0 Å². The summed E-state index contributed by atoms with van der Waals surface area (Å²) in [5, 5.41) is 2.09. The van der Waals surface area contributed by atoms with Gasteiger partial charge in [-0.05, 0) is 152 Å². The Morgan fingerprint density at radius 2 is 1.35 bits per heavy atom. The van der Waals surface area contributed by atoms with Gasteiger partial charge in [-0.1, -0.05) is 38.1 Å². The summed E-state index contributed by atoms with van der Waals surface area (Å²) in [5.41, 5.74) is 13.4. The highest BCUT2D eigenvalue weighted by atomic mass is 32.2. The van der Waals surface area contributed by atoms with E-state index in [9.17, 15) is 0 Å². The molecule has 0 radical (unpaired) electrons. The normalized spacial score (nSPS) is 16.7. The second-order valence-corrected chi connectivity index (χ2v) is 15.9. The van der Waals surface area contributed by atoms with Crippen LogP contribution in [-0.2, 0) is 25.7 Å². The van der Waals surface area contributed by atoms with Gasteiger partial charge >= 0.3 is 0 Å². The summed E-state index contributed by atoms with van der Waals surface area (Å²) in [5.74, 6) is 0.641. The predicted octanol–water partition coefficient (Wildman–Crippen LogP) is 11.3. The van der Waals surface area contributed by atoms with Crippen molar-refractivity contribution in [3.8, 4) is 10.4 Å². The second-order valence-electron chi connectivity index (χ2n) is 11.9. The van der Waals surface area contributed by atoms with Crippen molar-refractivity contribution in [1.29, 1.82) is 0 Å². The van der Waals surface area contributed by atoms with Gasteiger partial charge in [0.1, 0.15) is 0 Å². The zero-order valence-electron chi connectivity index (χ0n) is 24.9. The van der Waals surface area contributed by atoms with Crippen molar-refractivity contribution in [2.75, 3.05) is 0 Å². The van der Waals surface area contributed by atoms with Crippen molar-refractivity contribution in [3.05, 3.63) is 109 Å². The van der Waals surface area contributed by atoms with Crippen LogP contribution in [0, 0.1) is 34.6 Å². The first-order chi connectivity index (χ1) is 19.2. The van der Waals surface area contributed by atoms with Crippen LogP contribution in [0.1, 0.15) is 74.0 Å². The molecule has 1 aliphatic rings. The van der Waals surface area contributed by atoms with Gasteiger partial charge in [-0.2, -0.15) is 0 Å². The summed E-state index contributed by atoms with van der Waals surface area (Å²) in [6.45, 7) is 16.1. The van der Waals surface area contributed by atoms with E-state index >= 15 is 0 Å². The first kappa shape index (κ1) is 27.8. The fraction of sp³-hybridized carbons (Fsp3) is 0.351. The maximum absolute atomic E-state index is 2.53. The van der Waals surface area contributed by atoms with E-state index in [2.05, 4.69) is 115 Å². The van der Waals surface area contributed by atoms with Crippen LogP contribution in [0.25, 0.3) is 20.5 Å². The molecule has 2 atom stereocenters. The molecule has 0 N–H and O–H groups in total. The predicted molar refractivity (Wildman–Crippen MR) is 180 cm³/mol. The number of thioether (sulfide) groups is 1. The summed E-state index contributed by atoms with van der Waals surface area (Å²) >= 11 is 5.88. The van der Waals surface area contributed by atoms with Crippen LogP contribution in [0.5, 0.6) is 0 Å². The lowest BCUT2D eigenvalue weighted by Crippen LogP contribution is -2.04. The molecule has 3 heterocycles. The third-order valence-electron chi connectivity index (χ3n) is 9.17. The van der Waals surface area contributed by atoms with Crippen molar-refractivity contribution in [3.63, 3.8) is 0 Å². The third-order valence-corrected chi connectivity index (χ3v) is 12.6. The van der Waals surface area contributed by atoms with Crippen LogP contribution in [0.2, 0.25) is 0 Å². The molecule has 0 amide bonds. The van der Waals surface area contributed by atoms with Crippen LogP contribution in [0.3, 0.4) is 0 Å². The molecule has 0 bridgehead atoms. The lowest BCUT2D eigenvalue weighted by atomic mass is 9.89. The molecule has 206 valence electrons. The van der Waals surface area contributed by atoms with Crippen LogP contribution in [0.4, 0.5) is 0 Å². The smallest absolute Gasteiger partial charge is 0.0348 e. The number of thiophene rings is 2. The molecular weight excluding hydrogens is 541 g/mol. The van der Waals surface area contributed by atoms with Crippen LogP contribution >= 0.6 is 34.4 Å². The summed E-state index contributed by atoms with van der Waals surface area (Å²) in [6, 6.07) is 21.6. The summed E-state index contributed by atoms with van der Waals surface area (Å²) in [6.07, 6.45) is 4.39. The molecule has 3 heteroatoms. The molecule has 6 rings (SSSR count). The average molecular weight is 581 g/mol. The Hall–Kier alpha value is -2.33. The Labute approximate surface area is 252 Å². The number of aryl methyl sites for hydroxylation is 7. The highest BCUT2D eigenvalue weighted by molar-refractivity contribution is 8.00. The van der Waals surface area contributed by atoms with Gasteiger partial charge in [-0.15, -0.1) is 34.4 Å². The Bertz CT molecular complexity index is 1710. The van der Waals surface area contributed by atoms with Gasteiger partial charge in [0.2, 0.25) is 0 Å². The zero-order valence-corrected chi connectivity index (χ0v) is 27.4. The SMILES string of the molecule is Cc1ccc(-c2ccc(CCc3cc4cc(C)sc4cc3CCc3cc4c(cc3C)SC(C)C4C)c(C)c2C)s1. The Kier molecular flexibility index (Phi) is 7.76. The van der Waals surface area contributed by atoms with E-state index in [1.165, 1.54) is 74.1 Å². The van der Waals surface area contributed by atoms with Crippen molar-refractivity contribution in [1.82, 2.24) is 0 Å². The van der Waals surface area contributed by atoms with Crippen molar-refractivity contribution >= 4 is 44.5 Å². The molecule has 0 saturated heterocycles. The van der Waals surface area contributed by atoms with E-state index in [-0.39, 0.29) is 0 Å². The standard InChI is InChI=1S/C37H40S3/c1-21-16-37-34(26(6)27(7)40-37)19-29(21)10-12-31-20-36-32(17-23(3)39-36)18-30(31)11-9-28-13-14-33(25(5)24(28)4)35-15-8-22(2)38-35/h8,13-20,26-27H,9-12H2,1-7H3. The molecule has 2 unspecified atom stereocenters. The Morgan fingerprint density at radius 3 is 2.10 bits per heavy atom. The van der Waals surface area contributed by atoms with Gasteiger partial charge < -0.3 is 0 Å². The molecule has 3 aromatic carbocycles. The first-order valence-corrected chi connectivity index (χ1v) is 17.2. The van der Waals surface area contributed by atoms with E-state index in [0.29, 0.717) is 11.2 Å². The number of hydrogen-bond acceptors (Lipinski definition) is 3. The van der Waals surface area contributed by atoms with Crippen molar-refractivity contribution in [2.24, 2.45) is 0 Å².